The van der Waals surface area contributed by atoms with Gasteiger partial charge < -0.3 is 9.73 Å². The Bertz CT molecular complexity index is 798. The van der Waals surface area contributed by atoms with Crippen LogP contribution in [0.25, 0.3) is 11.0 Å². The van der Waals surface area contributed by atoms with Gasteiger partial charge in [-0.05, 0) is 93.2 Å². The van der Waals surface area contributed by atoms with Gasteiger partial charge in [-0.3, -0.25) is 4.79 Å². The molecule has 4 saturated carbocycles. The van der Waals surface area contributed by atoms with E-state index >= 15 is 0 Å². The molecule has 0 radical (unpaired) electrons. The van der Waals surface area contributed by atoms with E-state index in [1.54, 1.807) is 0 Å². The van der Waals surface area contributed by atoms with Gasteiger partial charge in [0.1, 0.15) is 5.58 Å². The Morgan fingerprint density at radius 2 is 1.76 bits per heavy atom. The van der Waals surface area contributed by atoms with Crippen LogP contribution in [0.15, 0.2) is 28.7 Å². The van der Waals surface area contributed by atoms with Crippen molar-refractivity contribution in [2.24, 2.45) is 23.2 Å². The van der Waals surface area contributed by atoms with Crippen LogP contribution in [0.4, 0.5) is 0 Å². The normalized spacial score (nSPS) is 34.4. The first kappa shape index (κ1) is 15.5. The Morgan fingerprint density at radius 1 is 1.12 bits per heavy atom. The standard InChI is InChI=1S/C22H27NO2/c1-13-3-4-18-9-20(25-19(18)5-13)21(24)23-14(2)22-10-15-6-16(11-22)8-17(7-15)12-22/h3-5,9,14-17H,6-8,10-12H2,1-2H3,(H,23,24). The fourth-order valence-corrected chi connectivity index (χ4v) is 6.38. The first-order chi connectivity index (χ1) is 12.0. The summed E-state index contributed by atoms with van der Waals surface area (Å²) in [5.41, 5.74) is 2.27. The third kappa shape index (κ3) is 2.51. The molecule has 1 aromatic carbocycles. The molecule has 25 heavy (non-hydrogen) atoms. The Kier molecular flexibility index (Phi) is 3.32. The highest BCUT2D eigenvalue weighted by Crippen LogP contribution is 2.61. The molecular weight excluding hydrogens is 310 g/mol. The van der Waals surface area contributed by atoms with Gasteiger partial charge in [0.2, 0.25) is 0 Å². The van der Waals surface area contributed by atoms with E-state index in [0.717, 1.165) is 34.3 Å². The molecule has 0 spiro atoms. The van der Waals surface area contributed by atoms with Crippen molar-refractivity contribution in [1.29, 1.82) is 0 Å². The number of aryl methyl sites for hydroxylation is 1. The lowest BCUT2D eigenvalue weighted by atomic mass is 9.48. The summed E-state index contributed by atoms with van der Waals surface area (Å²) in [7, 11) is 0. The largest absolute Gasteiger partial charge is 0.451 e. The summed E-state index contributed by atoms with van der Waals surface area (Å²) in [5.74, 6) is 3.09. The van der Waals surface area contributed by atoms with Crippen LogP contribution in [0, 0.1) is 30.1 Å². The maximum absolute atomic E-state index is 12.8. The van der Waals surface area contributed by atoms with Crippen molar-refractivity contribution < 1.29 is 9.21 Å². The molecule has 1 N–H and O–H groups in total. The van der Waals surface area contributed by atoms with Gasteiger partial charge in [0.15, 0.2) is 5.76 Å². The molecule has 1 heterocycles. The summed E-state index contributed by atoms with van der Waals surface area (Å²) >= 11 is 0. The van der Waals surface area contributed by atoms with Crippen molar-refractivity contribution in [3.63, 3.8) is 0 Å². The lowest BCUT2D eigenvalue weighted by Gasteiger charge is -2.59. The van der Waals surface area contributed by atoms with Crippen LogP contribution < -0.4 is 5.32 Å². The Morgan fingerprint density at radius 3 is 2.40 bits per heavy atom. The molecule has 1 aromatic heterocycles. The molecule has 4 aliphatic rings. The number of amides is 1. The van der Waals surface area contributed by atoms with Gasteiger partial charge in [-0.15, -0.1) is 0 Å². The van der Waals surface area contributed by atoms with E-state index in [0.29, 0.717) is 11.2 Å². The van der Waals surface area contributed by atoms with Crippen LogP contribution >= 0.6 is 0 Å². The number of benzene rings is 1. The molecule has 4 fully saturated rings. The molecule has 4 bridgehead atoms. The summed E-state index contributed by atoms with van der Waals surface area (Å²) in [6.45, 7) is 4.26. The third-order valence-corrected chi connectivity index (χ3v) is 7.25. The molecule has 1 amide bonds. The van der Waals surface area contributed by atoms with Gasteiger partial charge in [0, 0.05) is 11.4 Å². The zero-order valence-electron chi connectivity index (χ0n) is 15.2. The summed E-state index contributed by atoms with van der Waals surface area (Å²) in [6, 6.07) is 8.17. The first-order valence-corrected chi connectivity index (χ1v) is 9.82. The highest BCUT2D eigenvalue weighted by molar-refractivity contribution is 5.96. The number of carbonyl (C=O) groups excluding carboxylic acids is 1. The van der Waals surface area contributed by atoms with Crippen molar-refractivity contribution in [3.8, 4) is 0 Å². The highest BCUT2D eigenvalue weighted by atomic mass is 16.3. The maximum Gasteiger partial charge on any atom is 0.287 e. The van der Waals surface area contributed by atoms with E-state index in [1.165, 1.54) is 38.5 Å². The smallest absolute Gasteiger partial charge is 0.287 e. The topological polar surface area (TPSA) is 42.2 Å². The second kappa shape index (κ2) is 5.36. The second-order valence-electron chi connectivity index (χ2n) is 9.13. The predicted octanol–water partition coefficient (Wildman–Crippen LogP) is 5.08. The highest BCUT2D eigenvalue weighted by Gasteiger charge is 2.53. The zero-order valence-corrected chi connectivity index (χ0v) is 15.2. The zero-order chi connectivity index (χ0) is 17.2. The number of fused-ring (bicyclic) bond motifs is 1. The molecule has 4 aliphatic carbocycles. The van der Waals surface area contributed by atoms with Crippen molar-refractivity contribution in [3.05, 3.63) is 35.6 Å². The van der Waals surface area contributed by atoms with Gasteiger partial charge in [0.05, 0.1) is 0 Å². The molecule has 6 rings (SSSR count). The van der Waals surface area contributed by atoms with Crippen molar-refractivity contribution >= 4 is 16.9 Å². The summed E-state index contributed by atoms with van der Waals surface area (Å²) in [4.78, 5) is 12.8. The van der Waals surface area contributed by atoms with Gasteiger partial charge in [-0.2, -0.15) is 0 Å². The molecule has 3 heteroatoms. The lowest BCUT2D eigenvalue weighted by molar-refractivity contribution is -0.0688. The van der Waals surface area contributed by atoms with Gasteiger partial charge in [-0.25, -0.2) is 0 Å². The fourth-order valence-electron chi connectivity index (χ4n) is 6.38. The monoisotopic (exact) mass is 337 g/mol. The van der Waals surface area contributed by atoms with Crippen molar-refractivity contribution in [1.82, 2.24) is 5.32 Å². The summed E-state index contributed by atoms with van der Waals surface area (Å²) in [6.07, 6.45) is 8.22. The third-order valence-electron chi connectivity index (χ3n) is 7.25. The number of furan rings is 1. The molecule has 3 nitrogen and oxygen atoms in total. The molecule has 0 saturated heterocycles. The number of rotatable bonds is 3. The molecule has 2 aromatic rings. The minimum Gasteiger partial charge on any atom is -0.451 e. The van der Waals surface area contributed by atoms with E-state index in [4.69, 9.17) is 4.42 Å². The van der Waals surface area contributed by atoms with Crippen molar-refractivity contribution in [2.75, 3.05) is 0 Å². The molecule has 0 aliphatic heterocycles. The second-order valence-corrected chi connectivity index (χ2v) is 9.13. The lowest BCUT2D eigenvalue weighted by Crippen LogP contribution is -2.55. The number of carbonyl (C=O) groups is 1. The van der Waals surface area contributed by atoms with Gasteiger partial charge in [0.25, 0.3) is 5.91 Å². The number of hydrogen-bond acceptors (Lipinski definition) is 2. The Labute approximate surface area is 149 Å². The Balaban J connectivity index is 1.36. The number of nitrogens with one attached hydrogen (secondary N) is 1. The summed E-state index contributed by atoms with van der Waals surface area (Å²) < 4.78 is 5.82. The fraction of sp³-hybridized carbons (Fsp3) is 0.591. The molecule has 132 valence electrons. The Hall–Kier alpha value is -1.77. The minimum atomic E-state index is -0.0582. The average Bonchev–Trinajstić information content (AvgIpc) is 2.96. The van der Waals surface area contributed by atoms with E-state index < -0.39 is 0 Å². The van der Waals surface area contributed by atoms with E-state index in [-0.39, 0.29) is 11.9 Å². The van der Waals surface area contributed by atoms with Gasteiger partial charge in [-0.1, -0.05) is 12.1 Å². The maximum atomic E-state index is 12.8. The van der Waals surface area contributed by atoms with E-state index in [9.17, 15) is 4.79 Å². The molecular formula is C22H27NO2. The van der Waals surface area contributed by atoms with E-state index in [1.807, 2.05) is 25.1 Å². The number of hydrogen-bond donors (Lipinski definition) is 1. The van der Waals surface area contributed by atoms with Crippen LogP contribution in [-0.4, -0.2) is 11.9 Å². The molecule has 1 atom stereocenters. The average molecular weight is 337 g/mol. The van der Waals surface area contributed by atoms with Crippen molar-refractivity contribution in [2.45, 2.75) is 58.4 Å². The van der Waals surface area contributed by atoms with E-state index in [2.05, 4.69) is 18.3 Å². The van der Waals surface area contributed by atoms with Crippen LogP contribution in [0.2, 0.25) is 0 Å². The SMILES string of the molecule is Cc1ccc2cc(C(=O)NC(C)C34CC5CC(CC(C5)C3)C4)oc2c1. The van der Waals surface area contributed by atoms with Crippen LogP contribution in [-0.2, 0) is 0 Å². The van der Waals surface area contributed by atoms with Crippen LogP contribution in [0.5, 0.6) is 0 Å². The predicted molar refractivity (Wildman–Crippen MR) is 98.5 cm³/mol. The van der Waals surface area contributed by atoms with Crippen LogP contribution in [0.3, 0.4) is 0 Å². The quantitative estimate of drug-likeness (QED) is 0.849. The van der Waals surface area contributed by atoms with Gasteiger partial charge >= 0.3 is 0 Å². The minimum absolute atomic E-state index is 0.0582. The molecule has 1 unspecified atom stereocenters. The van der Waals surface area contributed by atoms with Crippen LogP contribution in [0.1, 0.15) is 61.6 Å². The first-order valence-electron chi connectivity index (χ1n) is 9.82. The summed E-state index contributed by atoms with van der Waals surface area (Å²) in [5, 5.41) is 4.29.